The smallest absolute Gasteiger partial charge is 0.230 e. The summed E-state index contributed by atoms with van der Waals surface area (Å²) in [6.45, 7) is 2.20. The molecular weight excluding hydrogens is 276 g/mol. The first-order valence-electron chi connectivity index (χ1n) is 7.46. The van der Waals surface area contributed by atoms with Crippen molar-refractivity contribution < 1.29 is 9.26 Å². The van der Waals surface area contributed by atoms with E-state index in [2.05, 4.69) is 17.1 Å². The van der Waals surface area contributed by atoms with Gasteiger partial charge in [0.15, 0.2) is 0 Å². The number of hydrogen-bond donors (Lipinski definition) is 0. The molecule has 0 N–H and O–H groups in total. The van der Waals surface area contributed by atoms with Crippen LogP contribution in [0.15, 0.2) is 59.1 Å². The van der Waals surface area contributed by atoms with Gasteiger partial charge in [-0.3, -0.25) is 0 Å². The van der Waals surface area contributed by atoms with E-state index < -0.39 is 0 Å². The van der Waals surface area contributed by atoms with E-state index in [0.29, 0.717) is 17.7 Å². The average molecular weight is 292 g/mol. The molecule has 2 aromatic carbocycles. The Bertz CT molecular complexity index is 783. The first kappa shape index (κ1) is 13.1. The zero-order valence-electron chi connectivity index (χ0n) is 12.3. The van der Waals surface area contributed by atoms with Crippen LogP contribution in [0.4, 0.5) is 0 Å². The molecule has 0 saturated heterocycles. The minimum atomic E-state index is 0.435. The Morgan fingerprint density at radius 3 is 2.59 bits per heavy atom. The minimum absolute atomic E-state index is 0.435. The summed E-state index contributed by atoms with van der Waals surface area (Å²) in [4.78, 5) is 4.51. The molecule has 0 aliphatic heterocycles. The van der Waals surface area contributed by atoms with Crippen molar-refractivity contribution in [3.05, 3.63) is 60.5 Å². The van der Waals surface area contributed by atoms with Crippen LogP contribution in [-0.2, 0) is 0 Å². The fraction of sp³-hybridized carbons (Fsp3) is 0.222. The Labute approximate surface area is 128 Å². The van der Waals surface area contributed by atoms with Crippen molar-refractivity contribution in [2.75, 3.05) is 0 Å². The molecule has 1 fully saturated rings. The molecule has 22 heavy (non-hydrogen) atoms. The molecule has 1 aliphatic rings. The van der Waals surface area contributed by atoms with Gasteiger partial charge in [-0.05, 0) is 36.6 Å². The molecule has 110 valence electrons. The molecule has 1 saturated carbocycles. The SMILES string of the molecule is CC1CC1c1nc(-c2cccc(Oc3ccccc3)c2)no1. The number of hydrogen-bond acceptors (Lipinski definition) is 4. The fourth-order valence-corrected chi connectivity index (χ4v) is 2.49. The fourth-order valence-electron chi connectivity index (χ4n) is 2.49. The molecule has 0 radical (unpaired) electrons. The van der Waals surface area contributed by atoms with E-state index in [-0.39, 0.29) is 0 Å². The van der Waals surface area contributed by atoms with Crippen molar-refractivity contribution in [2.24, 2.45) is 5.92 Å². The monoisotopic (exact) mass is 292 g/mol. The quantitative estimate of drug-likeness (QED) is 0.702. The first-order valence-corrected chi connectivity index (χ1v) is 7.46. The average Bonchev–Trinajstić information content (AvgIpc) is 3.09. The van der Waals surface area contributed by atoms with Crippen molar-refractivity contribution in [2.45, 2.75) is 19.3 Å². The van der Waals surface area contributed by atoms with E-state index in [4.69, 9.17) is 9.26 Å². The predicted molar refractivity (Wildman–Crippen MR) is 82.8 cm³/mol. The number of ether oxygens (including phenoxy) is 1. The Kier molecular flexibility index (Phi) is 3.15. The summed E-state index contributed by atoms with van der Waals surface area (Å²) in [5, 5.41) is 4.09. The maximum absolute atomic E-state index is 5.84. The maximum Gasteiger partial charge on any atom is 0.230 e. The number of rotatable bonds is 4. The molecule has 4 rings (SSSR count). The first-order chi connectivity index (χ1) is 10.8. The van der Waals surface area contributed by atoms with Crippen LogP contribution in [0.2, 0.25) is 0 Å². The second-order valence-electron chi connectivity index (χ2n) is 5.72. The Hall–Kier alpha value is -2.62. The van der Waals surface area contributed by atoms with Gasteiger partial charge in [0.05, 0.1) is 0 Å². The molecule has 0 spiro atoms. The van der Waals surface area contributed by atoms with E-state index in [1.807, 2.05) is 54.6 Å². The third-order valence-electron chi connectivity index (χ3n) is 3.94. The Morgan fingerprint density at radius 1 is 1.05 bits per heavy atom. The lowest BCUT2D eigenvalue weighted by molar-refractivity contribution is 0.377. The molecule has 0 amide bonds. The number of para-hydroxylation sites is 1. The summed E-state index contributed by atoms with van der Waals surface area (Å²) < 4.78 is 11.2. The van der Waals surface area contributed by atoms with Gasteiger partial charge in [0, 0.05) is 11.5 Å². The lowest BCUT2D eigenvalue weighted by Crippen LogP contribution is -1.86. The van der Waals surface area contributed by atoms with Gasteiger partial charge in [-0.2, -0.15) is 4.98 Å². The summed E-state index contributed by atoms with van der Waals surface area (Å²) in [7, 11) is 0. The zero-order valence-corrected chi connectivity index (χ0v) is 12.3. The van der Waals surface area contributed by atoms with Gasteiger partial charge in [-0.25, -0.2) is 0 Å². The van der Waals surface area contributed by atoms with E-state index in [0.717, 1.165) is 29.4 Å². The molecule has 1 aromatic heterocycles. The van der Waals surface area contributed by atoms with Gasteiger partial charge in [0.2, 0.25) is 11.7 Å². The van der Waals surface area contributed by atoms with Gasteiger partial charge >= 0.3 is 0 Å². The van der Waals surface area contributed by atoms with Crippen molar-refractivity contribution in [1.29, 1.82) is 0 Å². The molecule has 2 unspecified atom stereocenters. The largest absolute Gasteiger partial charge is 0.457 e. The Balaban J connectivity index is 1.57. The molecular formula is C18H16N2O2. The summed E-state index contributed by atoms with van der Waals surface area (Å²) in [5.74, 6) is 4.02. The lowest BCUT2D eigenvalue weighted by atomic mass is 10.2. The Morgan fingerprint density at radius 2 is 1.82 bits per heavy atom. The molecule has 0 bridgehead atoms. The van der Waals surface area contributed by atoms with Crippen molar-refractivity contribution in [1.82, 2.24) is 10.1 Å². The topological polar surface area (TPSA) is 48.2 Å². The molecule has 3 aromatic rings. The van der Waals surface area contributed by atoms with Gasteiger partial charge < -0.3 is 9.26 Å². The van der Waals surface area contributed by atoms with Crippen LogP contribution >= 0.6 is 0 Å². The molecule has 1 aliphatic carbocycles. The standard InChI is InChI=1S/C18H16N2O2/c1-12-10-16(12)18-19-17(20-22-18)13-6-5-9-15(11-13)21-14-7-3-2-4-8-14/h2-9,11-12,16H,10H2,1H3. The van der Waals surface area contributed by atoms with E-state index >= 15 is 0 Å². The zero-order chi connectivity index (χ0) is 14.9. The minimum Gasteiger partial charge on any atom is -0.457 e. The van der Waals surface area contributed by atoms with Crippen molar-refractivity contribution in [3.63, 3.8) is 0 Å². The number of aromatic nitrogens is 2. The van der Waals surface area contributed by atoms with Crippen LogP contribution in [0.3, 0.4) is 0 Å². The highest BCUT2D eigenvalue weighted by molar-refractivity contribution is 5.57. The van der Waals surface area contributed by atoms with Gasteiger partial charge in [0.1, 0.15) is 11.5 Å². The number of benzene rings is 2. The summed E-state index contributed by atoms with van der Waals surface area (Å²) in [6.07, 6.45) is 1.14. The summed E-state index contributed by atoms with van der Waals surface area (Å²) in [6, 6.07) is 17.4. The van der Waals surface area contributed by atoms with Crippen LogP contribution in [0.5, 0.6) is 11.5 Å². The van der Waals surface area contributed by atoms with Crippen molar-refractivity contribution >= 4 is 0 Å². The lowest BCUT2D eigenvalue weighted by Gasteiger charge is -2.05. The molecule has 4 nitrogen and oxygen atoms in total. The van der Waals surface area contributed by atoms with Gasteiger partial charge in [-0.15, -0.1) is 0 Å². The van der Waals surface area contributed by atoms with Crippen LogP contribution in [0, 0.1) is 5.92 Å². The van der Waals surface area contributed by atoms with E-state index in [9.17, 15) is 0 Å². The highest BCUT2D eigenvalue weighted by Crippen LogP contribution is 2.46. The van der Waals surface area contributed by atoms with Crippen LogP contribution in [-0.4, -0.2) is 10.1 Å². The van der Waals surface area contributed by atoms with Gasteiger partial charge in [-0.1, -0.05) is 42.4 Å². The number of nitrogens with zero attached hydrogens (tertiary/aromatic N) is 2. The summed E-state index contributed by atoms with van der Waals surface area (Å²) in [5.41, 5.74) is 0.900. The second-order valence-corrected chi connectivity index (χ2v) is 5.72. The summed E-state index contributed by atoms with van der Waals surface area (Å²) >= 11 is 0. The third-order valence-corrected chi connectivity index (χ3v) is 3.94. The maximum atomic E-state index is 5.84. The highest BCUT2D eigenvalue weighted by atomic mass is 16.5. The van der Waals surface area contributed by atoms with Crippen LogP contribution in [0.25, 0.3) is 11.4 Å². The van der Waals surface area contributed by atoms with E-state index in [1.165, 1.54) is 0 Å². The normalized spacial score (nSPS) is 19.9. The molecule has 4 heteroatoms. The van der Waals surface area contributed by atoms with Gasteiger partial charge in [0.25, 0.3) is 0 Å². The third kappa shape index (κ3) is 2.60. The van der Waals surface area contributed by atoms with Crippen LogP contribution < -0.4 is 4.74 Å². The van der Waals surface area contributed by atoms with E-state index in [1.54, 1.807) is 0 Å². The van der Waals surface area contributed by atoms with Crippen molar-refractivity contribution in [3.8, 4) is 22.9 Å². The second kappa shape index (κ2) is 5.30. The highest BCUT2D eigenvalue weighted by Gasteiger charge is 2.38. The molecule has 2 atom stereocenters. The molecule has 1 heterocycles. The van der Waals surface area contributed by atoms with Crippen LogP contribution in [0.1, 0.15) is 25.2 Å². The predicted octanol–water partition coefficient (Wildman–Crippen LogP) is 4.65.